The summed E-state index contributed by atoms with van der Waals surface area (Å²) in [5, 5.41) is 7.12. The molecule has 3 heterocycles. The zero-order chi connectivity index (χ0) is 18.1. The monoisotopic (exact) mass is 458 g/mol. The predicted molar refractivity (Wildman–Crippen MR) is 106 cm³/mol. The SMILES string of the molecule is Cc1nc2ccc(CNC(=O)c3cccc(-n4cc(I)cn4)n3)cc2[nH]1. The molecule has 0 unspecified atom stereocenters. The third kappa shape index (κ3) is 3.45. The van der Waals surface area contributed by atoms with Gasteiger partial charge in [-0.15, -0.1) is 0 Å². The van der Waals surface area contributed by atoms with Gasteiger partial charge in [-0.05, 0) is 59.3 Å². The molecule has 0 radical (unpaired) electrons. The Labute approximate surface area is 163 Å². The van der Waals surface area contributed by atoms with Crippen LogP contribution in [0, 0.1) is 10.5 Å². The summed E-state index contributed by atoms with van der Waals surface area (Å²) in [4.78, 5) is 24.4. The number of aryl methyl sites for hydroxylation is 1. The van der Waals surface area contributed by atoms with Gasteiger partial charge in [0.25, 0.3) is 5.91 Å². The summed E-state index contributed by atoms with van der Waals surface area (Å²) in [6, 6.07) is 11.2. The number of pyridine rings is 1. The zero-order valence-corrected chi connectivity index (χ0v) is 16.1. The molecule has 4 rings (SSSR count). The Morgan fingerprint density at radius 3 is 2.96 bits per heavy atom. The number of aromatic amines is 1. The van der Waals surface area contributed by atoms with Crippen molar-refractivity contribution in [3.05, 3.63) is 69.4 Å². The van der Waals surface area contributed by atoms with Gasteiger partial charge in [0.05, 0.1) is 20.8 Å². The number of hydrogen-bond acceptors (Lipinski definition) is 4. The molecule has 0 aliphatic rings. The molecule has 1 amide bonds. The zero-order valence-electron chi connectivity index (χ0n) is 13.9. The molecule has 0 spiro atoms. The van der Waals surface area contributed by atoms with Gasteiger partial charge in [0.15, 0.2) is 5.82 Å². The van der Waals surface area contributed by atoms with Gasteiger partial charge in [-0.3, -0.25) is 4.79 Å². The largest absolute Gasteiger partial charge is 0.347 e. The number of halogens is 1. The van der Waals surface area contributed by atoms with E-state index in [1.165, 1.54) is 0 Å². The van der Waals surface area contributed by atoms with Gasteiger partial charge in [0, 0.05) is 12.7 Å². The van der Waals surface area contributed by atoms with Crippen LogP contribution in [0.1, 0.15) is 21.9 Å². The van der Waals surface area contributed by atoms with Gasteiger partial charge >= 0.3 is 0 Å². The molecule has 2 N–H and O–H groups in total. The van der Waals surface area contributed by atoms with Crippen LogP contribution in [-0.4, -0.2) is 30.6 Å². The highest BCUT2D eigenvalue weighted by molar-refractivity contribution is 14.1. The number of amides is 1. The number of imidazole rings is 1. The van der Waals surface area contributed by atoms with Crippen LogP contribution in [0.25, 0.3) is 16.9 Å². The minimum Gasteiger partial charge on any atom is -0.347 e. The third-order valence-electron chi connectivity index (χ3n) is 3.87. The second kappa shape index (κ2) is 6.87. The Morgan fingerprint density at radius 2 is 2.15 bits per heavy atom. The van der Waals surface area contributed by atoms with Crippen LogP contribution in [0.15, 0.2) is 48.8 Å². The molecule has 130 valence electrons. The second-order valence-electron chi connectivity index (χ2n) is 5.84. The minimum absolute atomic E-state index is 0.227. The van der Waals surface area contributed by atoms with E-state index in [9.17, 15) is 4.79 Å². The van der Waals surface area contributed by atoms with Gasteiger partial charge in [-0.1, -0.05) is 12.1 Å². The lowest BCUT2D eigenvalue weighted by atomic mass is 10.2. The van der Waals surface area contributed by atoms with E-state index >= 15 is 0 Å². The molecule has 7 nitrogen and oxygen atoms in total. The van der Waals surface area contributed by atoms with E-state index in [1.54, 1.807) is 23.0 Å². The van der Waals surface area contributed by atoms with E-state index in [4.69, 9.17) is 0 Å². The summed E-state index contributed by atoms with van der Waals surface area (Å²) in [5.74, 6) is 1.25. The first-order chi connectivity index (χ1) is 12.6. The second-order valence-corrected chi connectivity index (χ2v) is 7.09. The first-order valence-electron chi connectivity index (χ1n) is 7.99. The summed E-state index contributed by atoms with van der Waals surface area (Å²) in [5.41, 5.74) is 3.22. The van der Waals surface area contributed by atoms with Crippen LogP contribution in [-0.2, 0) is 6.54 Å². The fourth-order valence-corrected chi connectivity index (χ4v) is 3.06. The molecule has 4 aromatic rings. The normalized spacial score (nSPS) is 11.0. The summed E-state index contributed by atoms with van der Waals surface area (Å²) < 4.78 is 2.65. The van der Waals surface area contributed by atoms with Crippen LogP contribution < -0.4 is 5.32 Å². The maximum Gasteiger partial charge on any atom is 0.270 e. The molecule has 0 saturated heterocycles. The van der Waals surface area contributed by atoms with E-state index in [0.717, 1.165) is 26.0 Å². The van der Waals surface area contributed by atoms with Crippen LogP contribution >= 0.6 is 22.6 Å². The number of H-pyrrole nitrogens is 1. The summed E-state index contributed by atoms with van der Waals surface area (Å²) in [6.45, 7) is 2.33. The summed E-state index contributed by atoms with van der Waals surface area (Å²) in [6.07, 6.45) is 3.59. The van der Waals surface area contributed by atoms with Gasteiger partial charge in [0.1, 0.15) is 11.5 Å². The first-order valence-corrected chi connectivity index (χ1v) is 9.07. The molecule has 0 atom stereocenters. The summed E-state index contributed by atoms with van der Waals surface area (Å²) in [7, 11) is 0. The van der Waals surface area contributed by atoms with Crippen LogP contribution in [0.5, 0.6) is 0 Å². The molecule has 3 aromatic heterocycles. The van der Waals surface area contributed by atoms with Crippen LogP contribution in [0.2, 0.25) is 0 Å². The fraction of sp³-hybridized carbons (Fsp3) is 0.111. The topological polar surface area (TPSA) is 88.5 Å². The third-order valence-corrected chi connectivity index (χ3v) is 4.43. The highest BCUT2D eigenvalue weighted by atomic mass is 127. The number of aromatic nitrogens is 5. The predicted octanol–water partition coefficient (Wildman–Crippen LogP) is 2.99. The van der Waals surface area contributed by atoms with E-state index in [-0.39, 0.29) is 5.91 Å². The van der Waals surface area contributed by atoms with E-state index < -0.39 is 0 Å². The van der Waals surface area contributed by atoms with E-state index in [1.807, 2.05) is 37.4 Å². The van der Waals surface area contributed by atoms with Crippen molar-refractivity contribution in [3.8, 4) is 5.82 Å². The number of nitrogens with one attached hydrogen (secondary N) is 2. The van der Waals surface area contributed by atoms with Crippen molar-refractivity contribution in [3.63, 3.8) is 0 Å². The number of carbonyl (C=O) groups is 1. The Bertz CT molecular complexity index is 1100. The molecule has 0 bridgehead atoms. The fourth-order valence-electron chi connectivity index (χ4n) is 2.67. The molecule has 0 fully saturated rings. The average Bonchev–Trinajstić information content (AvgIpc) is 3.24. The highest BCUT2D eigenvalue weighted by Crippen LogP contribution is 2.14. The van der Waals surface area contributed by atoms with Crippen LogP contribution in [0.4, 0.5) is 0 Å². The van der Waals surface area contributed by atoms with Gasteiger partial charge in [0.2, 0.25) is 0 Å². The van der Waals surface area contributed by atoms with Crippen molar-refractivity contribution < 1.29 is 4.79 Å². The Hall–Kier alpha value is -2.75. The van der Waals surface area contributed by atoms with Crippen LogP contribution in [0.3, 0.4) is 0 Å². The van der Waals surface area contributed by atoms with Crippen molar-refractivity contribution in [2.45, 2.75) is 13.5 Å². The van der Waals surface area contributed by atoms with Crippen molar-refractivity contribution in [1.82, 2.24) is 30.0 Å². The van der Waals surface area contributed by atoms with E-state index in [0.29, 0.717) is 18.1 Å². The molecule has 0 saturated carbocycles. The molecule has 26 heavy (non-hydrogen) atoms. The Morgan fingerprint density at radius 1 is 1.27 bits per heavy atom. The Kier molecular flexibility index (Phi) is 4.41. The molecule has 0 aliphatic heterocycles. The molecular formula is C18H15IN6O. The molecular weight excluding hydrogens is 443 g/mol. The number of benzene rings is 1. The average molecular weight is 458 g/mol. The lowest BCUT2D eigenvalue weighted by molar-refractivity contribution is 0.0946. The number of rotatable bonds is 4. The van der Waals surface area contributed by atoms with Crippen molar-refractivity contribution in [2.75, 3.05) is 0 Å². The van der Waals surface area contributed by atoms with Crippen molar-refractivity contribution in [1.29, 1.82) is 0 Å². The number of fused-ring (bicyclic) bond motifs is 1. The number of hydrogen-bond donors (Lipinski definition) is 2. The lowest BCUT2D eigenvalue weighted by Gasteiger charge is -2.07. The van der Waals surface area contributed by atoms with Crippen molar-refractivity contribution in [2.24, 2.45) is 0 Å². The van der Waals surface area contributed by atoms with Crippen molar-refractivity contribution >= 4 is 39.5 Å². The molecule has 0 aliphatic carbocycles. The maximum absolute atomic E-state index is 12.4. The minimum atomic E-state index is -0.227. The molecule has 8 heteroatoms. The summed E-state index contributed by atoms with van der Waals surface area (Å²) >= 11 is 2.18. The number of nitrogens with zero attached hydrogens (tertiary/aromatic N) is 4. The Balaban J connectivity index is 1.49. The molecule has 1 aromatic carbocycles. The first kappa shape index (κ1) is 16.7. The van der Waals surface area contributed by atoms with Gasteiger partial charge in [-0.25, -0.2) is 14.6 Å². The highest BCUT2D eigenvalue weighted by Gasteiger charge is 2.10. The van der Waals surface area contributed by atoms with E-state index in [2.05, 4.69) is 48.0 Å². The smallest absolute Gasteiger partial charge is 0.270 e. The maximum atomic E-state index is 12.4. The van der Waals surface area contributed by atoms with Gasteiger partial charge < -0.3 is 10.3 Å². The van der Waals surface area contributed by atoms with Gasteiger partial charge in [-0.2, -0.15) is 5.10 Å². The number of carbonyl (C=O) groups excluding carboxylic acids is 1. The standard InChI is InChI=1S/C18H15IN6O/c1-11-22-14-6-5-12(7-16(14)23-11)8-20-18(26)15-3-2-4-17(24-15)25-10-13(19)9-21-25/h2-7,9-10H,8H2,1H3,(H,20,26)(H,22,23). The quantitative estimate of drug-likeness (QED) is 0.461. The lowest BCUT2D eigenvalue weighted by Crippen LogP contribution is -2.24.